The van der Waals surface area contributed by atoms with Crippen LogP contribution in [0.4, 0.5) is 0 Å². The first-order valence-electron chi connectivity index (χ1n) is 9.90. The second-order valence-electron chi connectivity index (χ2n) is 7.14. The third-order valence-corrected chi connectivity index (χ3v) is 5.11. The number of benzene rings is 1. The summed E-state index contributed by atoms with van der Waals surface area (Å²) in [6.07, 6.45) is 7.08. The normalized spacial score (nSPS) is 19.2. The molecule has 1 aliphatic heterocycles. The maximum atomic E-state index is 11.7. The van der Waals surface area contributed by atoms with Crippen LogP contribution in [-0.4, -0.2) is 41.5 Å². The molecule has 1 aromatic carbocycles. The molecule has 0 aliphatic carbocycles. The van der Waals surface area contributed by atoms with Gasteiger partial charge in [0.1, 0.15) is 0 Å². The molecule has 6 nitrogen and oxygen atoms in total. The van der Waals surface area contributed by atoms with Crippen LogP contribution in [0.1, 0.15) is 57.4 Å². The fraction of sp³-hybridized carbons (Fsp3) is 0.619. The van der Waals surface area contributed by atoms with Crippen molar-refractivity contribution in [1.29, 1.82) is 0 Å². The lowest BCUT2D eigenvalue weighted by molar-refractivity contribution is -0.288. The van der Waals surface area contributed by atoms with Gasteiger partial charge in [-0.3, -0.25) is 9.59 Å². The summed E-state index contributed by atoms with van der Waals surface area (Å²) in [5.74, 6) is -1.55. The summed E-state index contributed by atoms with van der Waals surface area (Å²) >= 11 is 0. The van der Waals surface area contributed by atoms with Gasteiger partial charge in [0.25, 0.3) is 0 Å². The second kappa shape index (κ2) is 11.7. The Hall–Kier alpha value is -1.92. The Labute approximate surface area is 161 Å². The molecule has 1 aromatic rings. The molecule has 1 saturated heterocycles. The van der Waals surface area contributed by atoms with Gasteiger partial charge < -0.3 is 9.84 Å². The van der Waals surface area contributed by atoms with Gasteiger partial charge in [0.05, 0.1) is 12.0 Å². The zero-order chi connectivity index (χ0) is 19.5. The van der Waals surface area contributed by atoms with Crippen molar-refractivity contribution in [3.63, 3.8) is 0 Å². The van der Waals surface area contributed by atoms with Crippen LogP contribution in [0.3, 0.4) is 0 Å². The van der Waals surface area contributed by atoms with E-state index < -0.39 is 24.2 Å². The summed E-state index contributed by atoms with van der Waals surface area (Å²) in [6, 6.07) is 9.73. The van der Waals surface area contributed by atoms with Crippen molar-refractivity contribution < 1.29 is 24.3 Å². The van der Waals surface area contributed by atoms with Crippen molar-refractivity contribution in [2.45, 2.75) is 70.6 Å². The third-order valence-electron chi connectivity index (χ3n) is 5.11. The molecule has 0 bridgehead atoms. The van der Waals surface area contributed by atoms with E-state index >= 15 is 0 Å². The van der Waals surface area contributed by atoms with Gasteiger partial charge in [0.15, 0.2) is 6.29 Å². The predicted octanol–water partition coefficient (Wildman–Crippen LogP) is 3.80. The van der Waals surface area contributed by atoms with Crippen LogP contribution >= 0.6 is 0 Å². The summed E-state index contributed by atoms with van der Waals surface area (Å²) < 4.78 is 5.49. The van der Waals surface area contributed by atoms with Crippen LogP contribution in [0, 0.1) is 5.92 Å². The lowest BCUT2D eigenvalue weighted by atomic mass is 9.94. The smallest absolute Gasteiger partial charge is 0.308 e. The van der Waals surface area contributed by atoms with Crippen molar-refractivity contribution in [3.05, 3.63) is 35.9 Å². The van der Waals surface area contributed by atoms with E-state index in [-0.39, 0.29) is 0 Å². The number of carboxylic acid groups (broad SMARTS) is 1. The molecule has 1 heterocycles. The Kier molecular flexibility index (Phi) is 9.28. The molecule has 0 saturated carbocycles. The lowest BCUT2D eigenvalue weighted by Gasteiger charge is -2.33. The number of hydrogen-bond donors (Lipinski definition) is 1. The molecule has 0 spiro atoms. The maximum Gasteiger partial charge on any atom is 0.308 e. The van der Waals surface area contributed by atoms with Gasteiger partial charge in [0.2, 0.25) is 6.41 Å². The molecular formula is C21H31NO5. The molecular weight excluding hydrogens is 346 g/mol. The molecule has 1 N–H and O–H groups in total. The highest BCUT2D eigenvalue weighted by Gasteiger charge is 2.31. The number of aliphatic carboxylic acids is 1. The Morgan fingerprint density at radius 3 is 2.70 bits per heavy atom. The van der Waals surface area contributed by atoms with Gasteiger partial charge in [-0.05, 0) is 44.6 Å². The largest absolute Gasteiger partial charge is 0.481 e. The van der Waals surface area contributed by atoms with E-state index in [4.69, 9.17) is 9.57 Å². The first-order chi connectivity index (χ1) is 13.1. The molecule has 1 fully saturated rings. The zero-order valence-electron chi connectivity index (χ0n) is 16.1. The van der Waals surface area contributed by atoms with E-state index in [1.54, 1.807) is 6.92 Å². The van der Waals surface area contributed by atoms with Crippen molar-refractivity contribution in [1.82, 2.24) is 5.06 Å². The van der Waals surface area contributed by atoms with Crippen LogP contribution < -0.4 is 0 Å². The van der Waals surface area contributed by atoms with E-state index in [0.717, 1.165) is 43.6 Å². The minimum absolute atomic E-state index is 0.466. The molecule has 3 atom stereocenters. The highest BCUT2D eigenvalue weighted by atomic mass is 16.8. The number of carbonyl (C=O) groups excluding carboxylic acids is 1. The number of ether oxygens (including phenoxy) is 1. The van der Waals surface area contributed by atoms with Crippen molar-refractivity contribution in [2.75, 3.05) is 6.61 Å². The quantitative estimate of drug-likeness (QED) is 0.341. The molecule has 1 amide bonds. The van der Waals surface area contributed by atoms with E-state index in [9.17, 15) is 14.7 Å². The molecule has 1 aliphatic rings. The van der Waals surface area contributed by atoms with Crippen molar-refractivity contribution >= 4 is 12.4 Å². The van der Waals surface area contributed by atoms with Gasteiger partial charge in [0, 0.05) is 13.0 Å². The summed E-state index contributed by atoms with van der Waals surface area (Å²) in [6.45, 7) is 2.33. The Morgan fingerprint density at radius 1 is 1.30 bits per heavy atom. The Bertz CT molecular complexity index is 559. The molecule has 6 heteroatoms. The fourth-order valence-corrected chi connectivity index (χ4v) is 3.41. The van der Waals surface area contributed by atoms with Gasteiger partial charge >= 0.3 is 5.97 Å². The molecule has 2 rings (SSSR count). The average molecular weight is 377 g/mol. The monoisotopic (exact) mass is 377 g/mol. The van der Waals surface area contributed by atoms with Crippen LogP contribution in [0.15, 0.2) is 30.3 Å². The molecule has 0 aromatic heterocycles. The number of carbonyl (C=O) groups is 2. The highest BCUT2D eigenvalue weighted by Crippen LogP contribution is 2.22. The lowest BCUT2D eigenvalue weighted by Crippen LogP contribution is -2.44. The predicted molar refractivity (Wildman–Crippen MR) is 102 cm³/mol. The molecule has 3 unspecified atom stereocenters. The molecule has 0 radical (unpaired) electrons. The average Bonchev–Trinajstić information content (AvgIpc) is 2.69. The van der Waals surface area contributed by atoms with Crippen molar-refractivity contribution in [3.8, 4) is 0 Å². The van der Waals surface area contributed by atoms with Gasteiger partial charge in [-0.1, -0.05) is 43.2 Å². The Morgan fingerprint density at radius 2 is 2.07 bits per heavy atom. The number of carboxylic acids is 1. The highest BCUT2D eigenvalue weighted by molar-refractivity contribution is 5.71. The summed E-state index contributed by atoms with van der Waals surface area (Å²) in [7, 11) is 0. The first kappa shape index (κ1) is 21.4. The van der Waals surface area contributed by atoms with Crippen molar-refractivity contribution in [2.24, 2.45) is 5.92 Å². The Balaban J connectivity index is 1.77. The topological polar surface area (TPSA) is 76.1 Å². The minimum Gasteiger partial charge on any atom is -0.481 e. The summed E-state index contributed by atoms with van der Waals surface area (Å²) in [5, 5.41) is 10.7. The van der Waals surface area contributed by atoms with E-state index in [1.165, 1.54) is 5.56 Å². The summed E-state index contributed by atoms with van der Waals surface area (Å²) in [4.78, 5) is 28.7. The number of hydroxylamine groups is 2. The van der Waals surface area contributed by atoms with Gasteiger partial charge in [-0.25, -0.2) is 9.90 Å². The maximum absolute atomic E-state index is 11.7. The standard InChI is InChI=1S/C21H31NO5/c1-17(22(16-23)27-20-14-8-9-15-26-20)19(21(24)25)13-7-3-6-12-18-10-4-2-5-11-18/h2,4-5,10-11,16-17,19-20H,3,6-9,12-15H2,1H3,(H,24,25). The van der Waals surface area contributed by atoms with Gasteiger partial charge in [-0.2, -0.15) is 0 Å². The van der Waals surface area contributed by atoms with Gasteiger partial charge in [-0.15, -0.1) is 0 Å². The summed E-state index contributed by atoms with van der Waals surface area (Å²) in [5.41, 5.74) is 1.30. The zero-order valence-corrected chi connectivity index (χ0v) is 16.1. The fourth-order valence-electron chi connectivity index (χ4n) is 3.41. The second-order valence-corrected chi connectivity index (χ2v) is 7.14. The SMILES string of the molecule is CC(C(CCCCCc1ccccc1)C(=O)O)N(C=O)OC1CCCCO1. The number of aryl methyl sites for hydroxylation is 1. The number of nitrogens with zero attached hydrogens (tertiary/aromatic N) is 1. The van der Waals surface area contributed by atoms with E-state index in [0.29, 0.717) is 25.9 Å². The van der Waals surface area contributed by atoms with E-state index in [2.05, 4.69) is 12.1 Å². The number of amides is 1. The minimum atomic E-state index is -0.898. The van der Waals surface area contributed by atoms with E-state index in [1.807, 2.05) is 18.2 Å². The number of rotatable bonds is 12. The number of hydrogen-bond acceptors (Lipinski definition) is 4. The third kappa shape index (κ3) is 7.31. The number of unbranched alkanes of at least 4 members (excludes halogenated alkanes) is 2. The molecule has 27 heavy (non-hydrogen) atoms. The van der Waals surface area contributed by atoms with Crippen LogP contribution in [0.5, 0.6) is 0 Å². The van der Waals surface area contributed by atoms with Crippen LogP contribution in [0.25, 0.3) is 0 Å². The van der Waals surface area contributed by atoms with Crippen LogP contribution in [0.2, 0.25) is 0 Å². The molecule has 150 valence electrons. The first-order valence-corrected chi connectivity index (χ1v) is 9.90. The van der Waals surface area contributed by atoms with Crippen LogP contribution in [-0.2, 0) is 25.6 Å².